The summed E-state index contributed by atoms with van der Waals surface area (Å²) in [4.78, 5) is 49.1. The molecule has 3 fully saturated rings. The van der Waals surface area contributed by atoms with Crippen molar-refractivity contribution in [2.45, 2.75) is 80.6 Å². The highest BCUT2D eigenvalue weighted by Gasteiger charge is 2.64. The van der Waals surface area contributed by atoms with Gasteiger partial charge in [0.2, 0.25) is 0 Å². The molecule has 178 valence electrons. The summed E-state index contributed by atoms with van der Waals surface area (Å²) in [6.45, 7) is 13.9. The van der Waals surface area contributed by atoms with Gasteiger partial charge in [0.15, 0.2) is 17.3 Å². The molecule has 0 amide bonds. The molecule has 3 aliphatic carbocycles. The van der Waals surface area contributed by atoms with Crippen LogP contribution in [0.4, 0.5) is 0 Å². The highest BCUT2D eigenvalue weighted by molar-refractivity contribution is 6.07. The van der Waals surface area contributed by atoms with Crippen molar-refractivity contribution in [3.05, 3.63) is 47.1 Å². The summed E-state index contributed by atoms with van der Waals surface area (Å²) in [5.41, 5.74) is 1.88. The summed E-state index contributed by atoms with van der Waals surface area (Å²) in [5, 5.41) is 0. The maximum Gasteiger partial charge on any atom is 0.181 e. The first-order valence-corrected chi connectivity index (χ1v) is 12.1. The van der Waals surface area contributed by atoms with E-state index in [-0.39, 0.29) is 39.5 Å². The fourth-order valence-corrected chi connectivity index (χ4v) is 7.21. The molecule has 0 aliphatic heterocycles. The molecule has 0 spiro atoms. The third-order valence-electron chi connectivity index (χ3n) is 8.98. The van der Waals surface area contributed by atoms with Crippen molar-refractivity contribution < 1.29 is 19.2 Å². The molecule has 4 heteroatoms. The van der Waals surface area contributed by atoms with Crippen LogP contribution >= 0.6 is 0 Å². The minimum atomic E-state index is -0.329. The monoisotopic (exact) mass is 450 g/mol. The number of carbonyl (C=O) groups excluding carboxylic acids is 4. The van der Waals surface area contributed by atoms with Gasteiger partial charge in [0.1, 0.15) is 5.78 Å². The zero-order valence-electron chi connectivity index (χ0n) is 21.2. The van der Waals surface area contributed by atoms with Gasteiger partial charge in [-0.2, -0.15) is 0 Å². The van der Waals surface area contributed by atoms with Crippen LogP contribution in [0.25, 0.3) is 0 Å². The molecule has 0 aromatic heterocycles. The first-order chi connectivity index (χ1) is 15.2. The molecule has 4 atom stereocenters. The van der Waals surface area contributed by atoms with Crippen LogP contribution in [0.3, 0.4) is 0 Å². The molecule has 0 aromatic rings. The van der Waals surface area contributed by atoms with Crippen LogP contribution < -0.4 is 0 Å². The van der Waals surface area contributed by atoms with Crippen molar-refractivity contribution in [1.29, 1.82) is 0 Å². The van der Waals surface area contributed by atoms with Gasteiger partial charge >= 0.3 is 0 Å². The van der Waals surface area contributed by atoms with E-state index in [1.165, 1.54) is 19.1 Å². The first-order valence-electron chi connectivity index (χ1n) is 12.1. The normalized spacial score (nSPS) is 35.7. The van der Waals surface area contributed by atoms with Crippen molar-refractivity contribution >= 4 is 23.1 Å². The van der Waals surface area contributed by atoms with Crippen LogP contribution in [-0.4, -0.2) is 23.1 Å². The molecule has 0 aromatic carbocycles. The maximum atomic E-state index is 13.3. The number of rotatable bonds is 5. The summed E-state index contributed by atoms with van der Waals surface area (Å²) in [5.74, 6) is 0.781. The van der Waals surface area contributed by atoms with Gasteiger partial charge in [-0.25, -0.2) is 0 Å². The van der Waals surface area contributed by atoms with E-state index in [1.54, 1.807) is 13.0 Å². The average Bonchev–Trinajstić information content (AvgIpc) is 3.00. The Morgan fingerprint density at radius 3 is 2.21 bits per heavy atom. The molecule has 0 bridgehead atoms. The molecule has 3 saturated carbocycles. The summed E-state index contributed by atoms with van der Waals surface area (Å²) in [7, 11) is 0. The number of carbonyl (C=O) groups is 4. The predicted molar refractivity (Wildman–Crippen MR) is 130 cm³/mol. The standard InChI is InChI=1S/C29H38O4/c1-18(21(31)12-11-20(3)30)9-8-10-19(2)26-22(32)17-24-28(6)16-14-25(33)27(4,5)23(28)13-15-29(24,26)7/h8-12,23-24H,13-17H2,1-7H3/b10-8+,12-11+,18-9+,26-19?/t23-,24-,28-,29-/m0/s1. The van der Waals surface area contributed by atoms with Crippen molar-refractivity contribution in [3.8, 4) is 0 Å². The van der Waals surface area contributed by atoms with Gasteiger partial charge in [0, 0.05) is 29.2 Å². The fourth-order valence-electron chi connectivity index (χ4n) is 7.21. The van der Waals surface area contributed by atoms with Gasteiger partial charge in [-0.05, 0) is 80.6 Å². The van der Waals surface area contributed by atoms with Crippen LogP contribution in [0.2, 0.25) is 0 Å². The number of allylic oxidation sites excluding steroid dienone is 8. The Kier molecular flexibility index (Phi) is 6.72. The molecule has 0 unspecified atom stereocenters. The Bertz CT molecular complexity index is 1020. The number of fused-ring (bicyclic) bond motifs is 3. The number of hydrogen-bond donors (Lipinski definition) is 0. The molecule has 4 nitrogen and oxygen atoms in total. The lowest BCUT2D eigenvalue weighted by molar-refractivity contribution is -0.154. The fraction of sp³-hybridized carbons (Fsp3) is 0.586. The van der Waals surface area contributed by atoms with Crippen LogP contribution in [0.1, 0.15) is 80.6 Å². The van der Waals surface area contributed by atoms with Crippen molar-refractivity contribution in [2.24, 2.45) is 28.1 Å². The predicted octanol–water partition coefficient (Wildman–Crippen LogP) is 5.92. The maximum absolute atomic E-state index is 13.3. The van der Waals surface area contributed by atoms with E-state index in [9.17, 15) is 19.2 Å². The van der Waals surface area contributed by atoms with Gasteiger partial charge in [0.25, 0.3) is 0 Å². The van der Waals surface area contributed by atoms with E-state index in [2.05, 4.69) is 27.7 Å². The second kappa shape index (κ2) is 8.77. The van der Waals surface area contributed by atoms with Crippen molar-refractivity contribution in [3.63, 3.8) is 0 Å². The Balaban J connectivity index is 1.90. The van der Waals surface area contributed by atoms with E-state index >= 15 is 0 Å². The first kappa shape index (κ1) is 25.3. The van der Waals surface area contributed by atoms with Crippen LogP contribution in [-0.2, 0) is 19.2 Å². The van der Waals surface area contributed by atoms with E-state index in [4.69, 9.17) is 0 Å². The summed E-state index contributed by atoms with van der Waals surface area (Å²) in [6, 6.07) is 0. The third-order valence-corrected chi connectivity index (χ3v) is 8.98. The lowest BCUT2D eigenvalue weighted by atomic mass is 9.43. The van der Waals surface area contributed by atoms with Gasteiger partial charge in [-0.15, -0.1) is 0 Å². The SMILES string of the molecule is CC(=O)/C=C/C(=O)/C(C)=C/C=C/C(C)=C1C(=O)C[C@H]2[C@@]3(C)CCC(=O)C(C)(C)[C@@H]3CC[C@]12C. The molecule has 0 radical (unpaired) electrons. The molecule has 33 heavy (non-hydrogen) atoms. The van der Waals surface area contributed by atoms with Crippen LogP contribution in [0.5, 0.6) is 0 Å². The zero-order valence-corrected chi connectivity index (χ0v) is 21.2. The lowest BCUT2D eigenvalue weighted by Gasteiger charge is -2.60. The molecule has 3 rings (SSSR count). The molecule has 0 heterocycles. The third kappa shape index (κ3) is 4.29. The van der Waals surface area contributed by atoms with Crippen LogP contribution in [0, 0.1) is 28.1 Å². The van der Waals surface area contributed by atoms with Gasteiger partial charge < -0.3 is 0 Å². The molecular formula is C29H38O4. The number of Topliss-reactive ketones (excluding diaryl/α,β-unsaturated/α-hetero) is 2. The largest absolute Gasteiger partial charge is 0.299 e. The topological polar surface area (TPSA) is 68.3 Å². The summed E-state index contributed by atoms with van der Waals surface area (Å²) >= 11 is 0. The minimum Gasteiger partial charge on any atom is -0.299 e. The highest BCUT2D eigenvalue weighted by Crippen LogP contribution is 2.68. The Labute approximate surface area is 198 Å². The second-order valence-electron chi connectivity index (χ2n) is 11.4. The second-order valence-corrected chi connectivity index (χ2v) is 11.4. The van der Waals surface area contributed by atoms with Gasteiger partial charge in [-0.1, -0.05) is 45.9 Å². The number of ketones is 4. The minimum absolute atomic E-state index is 0.0161. The lowest BCUT2D eigenvalue weighted by Crippen LogP contribution is -2.56. The molecule has 3 aliphatic rings. The summed E-state index contributed by atoms with van der Waals surface area (Å²) < 4.78 is 0. The zero-order chi connectivity index (χ0) is 24.8. The highest BCUT2D eigenvalue weighted by atomic mass is 16.1. The average molecular weight is 451 g/mol. The van der Waals surface area contributed by atoms with E-state index < -0.39 is 0 Å². The van der Waals surface area contributed by atoms with Crippen molar-refractivity contribution in [2.75, 3.05) is 0 Å². The quantitative estimate of drug-likeness (QED) is 0.385. The molecular weight excluding hydrogens is 412 g/mol. The summed E-state index contributed by atoms with van der Waals surface area (Å²) in [6.07, 6.45) is 11.9. The molecule has 0 saturated heterocycles. The smallest absolute Gasteiger partial charge is 0.181 e. The van der Waals surface area contributed by atoms with E-state index in [0.717, 1.165) is 30.4 Å². The van der Waals surface area contributed by atoms with Crippen molar-refractivity contribution in [1.82, 2.24) is 0 Å². The van der Waals surface area contributed by atoms with E-state index in [0.29, 0.717) is 30.1 Å². The molecule has 0 N–H and O–H groups in total. The Morgan fingerprint density at radius 2 is 1.58 bits per heavy atom. The van der Waals surface area contributed by atoms with E-state index in [1.807, 2.05) is 19.1 Å². The van der Waals surface area contributed by atoms with Gasteiger partial charge in [-0.3, -0.25) is 19.2 Å². The van der Waals surface area contributed by atoms with Gasteiger partial charge in [0.05, 0.1) is 0 Å². The Morgan fingerprint density at radius 1 is 0.909 bits per heavy atom. The Hall–Kier alpha value is -2.36. The van der Waals surface area contributed by atoms with Crippen LogP contribution in [0.15, 0.2) is 47.1 Å². The number of hydrogen-bond acceptors (Lipinski definition) is 4.